The van der Waals surface area contributed by atoms with Crippen molar-refractivity contribution in [1.82, 2.24) is 0 Å². The van der Waals surface area contributed by atoms with Crippen LogP contribution in [0.5, 0.6) is 5.75 Å². The number of rotatable bonds is 7. The van der Waals surface area contributed by atoms with Gasteiger partial charge in [-0.05, 0) is 72.4 Å². The van der Waals surface area contributed by atoms with Crippen LogP contribution in [-0.4, -0.2) is 19.7 Å². The van der Waals surface area contributed by atoms with Crippen LogP contribution in [0.25, 0.3) is 0 Å². The lowest BCUT2D eigenvalue weighted by atomic mass is 10.00. The van der Waals surface area contributed by atoms with Gasteiger partial charge in [-0.3, -0.25) is 0 Å². The minimum Gasteiger partial charge on any atom is -0.493 e. The molecular weight excluding hydrogens is 280 g/mol. The van der Waals surface area contributed by atoms with Gasteiger partial charge < -0.3 is 16.2 Å². The fourth-order valence-corrected chi connectivity index (χ4v) is 2.22. The largest absolute Gasteiger partial charge is 0.493 e. The molecule has 0 aliphatic carbocycles. The number of aryl methyl sites for hydroxylation is 1. The van der Waals surface area contributed by atoms with Crippen molar-refractivity contribution >= 4 is 15.9 Å². The lowest BCUT2D eigenvalue weighted by Gasteiger charge is -2.12. The van der Waals surface area contributed by atoms with Crippen LogP contribution in [0.15, 0.2) is 22.7 Å². The Hall–Kier alpha value is -0.580. The highest BCUT2D eigenvalue weighted by Crippen LogP contribution is 2.26. The van der Waals surface area contributed by atoms with Crippen LogP contribution in [0.3, 0.4) is 0 Å². The molecule has 4 N–H and O–H groups in total. The Morgan fingerprint density at radius 1 is 1.29 bits per heavy atom. The predicted molar refractivity (Wildman–Crippen MR) is 75.2 cm³/mol. The van der Waals surface area contributed by atoms with Gasteiger partial charge in [0.25, 0.3) is 0 Å². The highest BCUT2D eigenvalue weighted by atomic mass is 79.9. The zero-order valence-corrected chi connectivity index (χ0v) is 11.9. The van der Waals surface area contributed by atoms with Gasteiger partial charge in [0, 0.05) is 0 Å². The molecule has 4 heteroatoms. The van der Waals surface area contributed by atoms with E-state index in [2.05, 4.69) is 28.1 Å². The first-order valence-corrected chi connectivity index (χ1v) is 6.81. The molecule has 1 aromatic rings. The first kappa shape index (κ1) is 14.5. The van der Waals surface area contributed by atoms with Crippen LogP contribution in [0.4, 0.5) is 0 Å². The summed E-state index contributed by atoms with van der Waals surface area (Å²) in [6, 6.07) is 6.21. The molecule has 0 heterocycles. The molecule has 1 rings (SSSR count). The predicted octanol–water partition coefficient (Wildman–Crippen LogP) is 2.31. The van der Waals surface area contributed by atoms with E-state index in [1.165, 1.54) is 5.56 Å². The second-order valence-electron chi connectivity index (χ2n) is 4.07. The van der Waals surface area contributed by atoms with Crippen LogP contribution < -0.4 is 16.2 Å². The number of hydrogen-bond donors (Lipinski definition) is 2. The molecule has 0 aromatic heterocycles. The standard InChI is InChI=1S/C13H21BrN2O/c1-2-17-13-6-5-10(7-12(13)14)3-4-11(8-15)9-16/h5-7,11H,2-4,8-9,15-16H2,1H3. The Bertz CT molecular complexity index is 340. The summed E-state index contributed by atoms with van der Waals surface area (Å²) in [6.07, 6.45) is 2.04. The first-order valence-electron chi connectivity index (χ1n) is 6.02. The summed E-state index contributed by atoms with van der Waals surface area (Å²) in [5.74, 6) is 1.31. The van der Waals surface area contributed by atoms with E-state index in [1.807, 2.05) is 13.0 Å². The third kappa shape index (κ3) is 4.66. The molecule has 96 valence electrons. The molecule has 0 spiro atoms. The van der Waals surface area contributed by atoms with E-state index in [-0.39, 0.29) is 0 Å². The van der Waals surface area contributed by atoms with Crippen molar-refractivity contribution in [2.24, 2.45) is 17.4 Å². The van der Waals surface area contributed by atoms with Gasteiger partial charge in [-0.25, -0.2) is 0 Å². The molecule has 0 unspecified atom stereocenters. The molecule has 3 nitrogen and oxygen atoms in total. The molecule has 0 amide bonds. The molecular formula is C13H21BrN2O. The van der Waals surface area contributed by atoms with Gasteiger partial charge in [0.05, 0.1) is 11.1 Å². The average Bonchev–Trinajstić information content (AvgIpc) is 2.34. The van der Waals surface area contributed by atoms with E-state index in [9.17, 15) is 0 Å². The molecule has 0 bridgehead atoms. The maximum Gasteiger partial charge on any atom is 0.133 e. The average molecular weight is 301 g/mol. The second-order valence-corrected chi connectivity index (χ2v) is 4.93. The third-order valence-electron chi connectivity index (χ3n) is 2.80. The normalized spacial score (nSPS) is 10.9. The van der Waals surface area contributed by atoms with Crippen molar-refractivity contribution < 1.29 is 4.74 Å². The summed E-state index contributed by atoms with van der Waals surface area (Å²) in [7, 11) is 0. The number of ether oxygens (including phenoxy) is 1. The minimum atomic E-state index is 0.417. The molecule has 0 atom stereocenters. The molecule has 0 radical (unpaired) electrons. The maximum atomic E-state index is 5.63. The maximum absolute atomic E-state index is 5.63. The van der Waals surface area contributed by atoms with Crippen LogP contribution in [0.1, 0.15) is 18.9 Å². The van der Waals surface area contributed by atoms with Gasteiger partial charge in [0.15, 0.2) is 0 Å². The number of hydrogen-bond acceptors (Lipinski definition) is 3. The van der Waals surface area contributed by atoms with E-state index >= 15 is 0 Å². The van der Waals surface area contributed by atoms with Crippen molar-refractivity contribution in [2.75, 3.05) is 19.7 Å². The second kappa shape index (κ2) is 7.69. The molecule has 0 saturated heterocycles. The van der Waals surface area contributed by atoms with E-state index in [0.29, 0.717) is 25.6 Å². The summed E-state index contributed by atoms with van der Waals surface area (Å²) < 4.78 is 6.48. The molecule has 0 fully saturated rings. The van der Waals surface area contributed by atoms with E-state index in [0.717, 1.165) is 23.1 Å². The van der Waals surface area contributed by atoms with Crippen molar-refractivity contribution in [2.45, 2.75) is 19.8 Å². The summed E-state index contributed by atoms with van der Waals surface area (Å²) in [4.78, 5) is 0. The number of benzene rings is 1. The van der Waals surface area contributed by atoms with Gasteiger partial charge in [0.1, 0.15) is 5.75 Å². The lowest BCUT2D eigenvalue weighted by Crippen LogP contribution is -2.23. The van der Waals surface area contributed by atoms with Crippen molar-refractivity contribution in [1.29, 1.82) is 0 Å². The SMILES string of the molecule is CCOc1ccc(CCC(CN)CN)cc1Br. The highest BCUT2D eigenvalue weighted by Gasteiger charge is 2.06. The van der Waals surface area contributed by atoms with Crippen molar-refractivity contribution in [3.63, 3.8) is 0 Å². The van der Waals surface area contributed by atoms with Crippen molar-refractivity contribution in [3.05, 3.63) is 28.2 Å². The summed E-state index contributed by atoms with van der Waals surface area (Å²) in [5.41, 5.74) is 12.5. The van der Waals surface area contributed by atoms with E-state index in [4.69, 9.17) is 16.2 Å². The highest BCUT2D eigenvalue weighted by molar-refractivity contribution is 9.10. The molecule has 0 saturated carbocycles. The van der Waals surface area contributed by atoms with Crippen LogP contribution in [0, 0.1) is 5.92 Å². The van der Waals surface area contributed by atoms with Gasteiger partial charge >= 0.3 is 0 Å². The fourth-order valence-electron chi connectivity index (χ4n) is 1.68. The Balaban J connectivity index is 2.58. The van der Waals surface area contributed by atoms with Gasteiger partial charge in [-0.15, -0.1) is 0 Å². The van der Waals surface area contributed by atoms with E-state index in [1.54, 1.807) is 0 Å². The van der Waals surface area contributed by atoms with Crippen molar-refractivity contribution in [3.8, 4) is 5.75 Å². The summed E-state index contributed by atoms with van der Waals surface area (Å²) in [6.45, 7) is 3.98. The molecule has 17 heavy (non-hydrogen) atoms. The molecule has 0 aliphatic heterocycles. The van der Waals surface area contributed by atoms with Gasteiger partial charge in [-0.1, -0.05) is 6.07 Å². The molecule has 0 aliphatic rings. The Morgan fingerprint density at radius 3 is 2.53 bits per heavy atom. The lowest BCUT2D eigenvalue weighted by molar-refractivity contribution is 0.338. The Kier molecular flexibility index (Phi) is 6.55. The topological polar surface area (TPSA) is 61.3 Å². The minimum absolute atomic E-state index is 0.417. The monoisotopic (exact) mass is 300 g/mol. The van der Waals surface area contributed by atoms with Crippen LogP contribution in [-0.2, 0) is 6.42 Å². The van der Waals surface area contributed by atoms with E-state index < -0.39 is 0 Å². The van der Waals surface area contributed by atoms with Crippen LogP contribution >= 0.6 is 15.9 Å². The van der Waals surface area contributed by atoms with Gasteiger partial charge in [0.2, 0.25) is 0 Å². The quantitative estimate of drug-likeness (QED) is 0.812. The Labute approximate surface area is 112 Å². The molecule has 1 aromatic carbocycles. The smallest absolute Gasteiger partial charge is 0.133 e. The number of halogens is 1. The zero-order chi connectivity index (χ0) is 12.7. The fraction of sp³-hybridized carbons (Fsp3) is 0.538. The summed E-state index contributed by atoms with van der Waals surface area (Å²) in [5, 5.41) is 0. The Morgan fingerprint density at radius 2 is 2.00 bits per heavy atom. The first-order chi connectivity index (χ1) is 8.21. The zero-order valence-electron chi connectivity index (χ0n) is 10.3. The van der Waals surface area contributed by atoms with Gasteiger partial charge in [-0.2, -0.15) is 0 Å². The van der Waals surface area contributed by atoms with Crippen LogP contribution in [0.2, 0.25) is 0 Å². The third-order valence-corrected chi connectivity index (χ3v) is 3.42. The number of nitrogens with two attached hydrogens (primary N) is 2. The summed E-state index contributed by atoms with van der Waals surface area (Å²) >= 11 is 3.51.